The summed E-state index contributed by atoms with van der Waals surface area (Å²) in [5, 5.41) is 2.93. The zero-order valence-electron chi connectivity index (χ0n) is 12.2. The van der Waals surface area contributed by atoms with Crippen LogP contribution in [0, 0.1) is 0 Å². The van der Waals surface area contributed by atoms with E-state index >= 15 is 0 Å². The molecule has 6 heteroatoms. The zero-order chi connectivity index (χ0) is 15.2. The van der Waals surface area contributed by atoms with Crippen LogP contribution in [0.4, 0.5) is 10.5 Å². The van der Waals surface area contributed by atoms with Gasteiger partial charge in [0.2, 0.25) is 0 Å². The van der Waals surface area contributed by atoms with E-state index in [-0.39, 0.29) is 6.03 Å². The summed E-state index contributed by atoms with van der Waals surface area (Å²) < 4.78 is 11.0. The number of carbonyl (C=O) groups excluding carboxylic acids is 1. The van der Waals surface area contributed by atoms with Crippen LogP contribution in [-0.4, -0.2) is 35.5 Å². The molecule has 2 heterocycles. The Bertz CT molecular complexity index is 610. The Hall–Kier alpha value is -2.08. The second kappa shape index (κ2) is 7.26. The number of nitrogens with zero attached hydrogens (tertiary/aromatic N) is 1. The number of urea groups is 1. The molecule has 3 rings (SSSR count). The van der Waals surface area contributed by atoms with E-state index in [1.807, 2.05) is 53.1 Å². The molecule has 1 N–H and O–H groups in total. The Kier molecular flexibility index (Phi) is 4.90. The van der Waals surface area contributed by atoms with Crippen LogP contribution in [0.15, 0.2) is 47.1 Å². The highest BCUT2D eigenvalue weighted by molar-refractivity contribution is 7.99. The third kappa shape index (κ3) is 3.76. The van der Waals surface area contributed by atoms with E-state index in [9.17, 15) is 4.79 Å². The minimum Gasteiger partial charge on any atom is -0.483 e. The molecule has 2 amide bonds. The van der Waals surface area contributed by atoms with Crippen molar-refractivity contribution in [3.05, 3.63) is 48.4 Å². The molecule has 0 spiro atoms. The largest absolute Gasteiger partial charge is 0.483 e. The number of nitrogens with one attached hydrogen (secondary N) is 1. The lowest BCUT2D eigenvalue weighted by Crippen LogP contribution is -2.40. The van der Waals surface area contributed by atoms with E-state index in [1.165, 1.54) is 0 Å². The van der Waals surface area contributed by atoms with E-state index in [1.54, 1.807) is 6.26 Å². The molecule has 116 valence electrons. The molecule has 0 saturated carbocycles. The summed E-state index contributed by atoms with van der Waals surface area (Å²) in [6.45, 7) is 1.90. The quantitative estimate of drug-likeness (QED) is 0.938. The SMILES string of the molecule is O=C(Nc1ccccc1OCc1ccco1)N1CCSCC1. The summed E-state index contributed by atoms with van der Waals surface area (Å²) in [4.78, 5) is 14.1. The predicted octanol–water partition coefficient (Wildman–Crippen LogP) is 3.44. The van der Waals surface area contributed by atoms with Crippen molar-refractivity contribution in [3.63, 3.8) is 0 Å². The number of thioether (sulfide) groups is 1. The van der Waals surface area contributed by atoms with Crippen LogP contribution < -0.4 is 10.1 Å². The van der Waals surface area contributed by atoms with Crippen molar-refractivity contribution in [1.82, 2.24) is 4.90 Å². The number of hydrogen-bond donors (Lipinski definition) is 1. The molecular weight excluding hydrogens is 300 g/mol. The topological polar surface area (TPSA) is 54.7 Å². The minimum atomic E-state index is -0.0747. The van der Waals surface area contributed by atoms with Crippen LogP contribution in [0.1, 0.15) is 5.76 Å². The van der Waals surface area contributed by atoms with Crippen LogP contribution >= 0.6 is 11.8 Å². The zero-order valence-corrected chi connectivity index (χ0v) is 13.0. The smallest absolute Gasteiger partial charge is 0.322 e. The van der Waals surface area contributed by atoms with Crippen molar-refractivity contribution in [1.29, 1.82) is 0 Å². The Labute approximate surface area is 133 Å². The average molecular weight is 318 g/mol. The van der Waals surface area contributed by atoms with Gasteiger partial charge in [-0.25, -0.2) is 4.79 Å². The number of anilines is 1. The molecule has 1 aliphatic rings. The van der Waals surface area contributed by atoms with Gasteiger partial charge in [0.15, 0.2) is 0 Å². The standard InChI is InChI=1S/C16H18N2O3S/c19-16(18-7-10-22-11-8-18)17-14-5-1-2-6-15(14)21-12-13-4-3-9-20-13/h1-6,9H,7-8,10-12H2,(H,17,19). The molecule has 5 nitrogen and oxygen atoms in total. The maximum Gasteiger partial charge on any atom is 0.322 e. The summed E-state index contributed by atoms with van der Waals surface area (Å²) >= 11 is 1.88. The number of amides is 2. The number of rotatable bonds is 4. The normalized spacial score (nSPS) is 14.6. The van der Waals surface area contributed by atoms with E-state index in [0.717, 1.165) is 30.4 Å². The first-order valence-electron chi connectivity index (χ1n) is 7.21. The lowest BCUT2D eigenvalue weighted by atomic mass is 10.3. The molecule has 0 unspecified atom stereocenters. The van der Waals surface area contributed by atoms with Gasteiger partial charge in [0.1, 0.15) is 18.1 Å². The van der Waals surface area contributed by atoms with Gasteiger partial charge in [-0.3, -0.25) is 0 Å². The average Bonchev–Trinajstić information content (AvgIpc) is 3.08. The molecule has 1 aromatic heterocycles. The molecule has 22 heavy (non-hydrogen) atoms. The molecular formula is C16H18N2O3S. The van der Waals surface area contributed by atoms with Crippen LogP contribution in [0.2, 0.25) is 0 Å². The first-order chi connectivity index (χ1) is 10.8. The number of hydrogen-bond acceptors (Lipinski definition) is 4. The maximum atomic E-state index is 12.3. The number of benzene rings is 1. The lowest BCUT2D eigenvalue weighted by molar-refractivity contribution is 0.216. The van der Waals surface area contributed by atoms with E-state index in [2.05, 4.69) is 5.32 Å². The highest BCUT2D eigenvalue weighted by atomic mass is 32.2. The summed E-state index contributed by atoms with van der Waals surface area (Å²) in [5.41, 5.74) is 0.678. The number of carbonyl (C=O) groups is 1. The van der Waals surface area contributed by atoms with Crippen LogP contribution in [0.3, 0.4) is 0 Å². The first-order valence-corrected chi connectivity index (χ1v) is 8.36. The van der Waals surface area contributed by atoms with Crippen molar-refractivity contribution in [2.24, 2.45) is 0 Å². The van der Waals surface area contributed by atoms with Gasteiger partial charge in [-0.05, 0) is 24.3 Å². The molecule has 0 atom stereocenters. The Balaban J connectivity index is 1.64. The van der Waals surface area contributed by atoms with Crippen molar-refractivity contribution >= 4 is 23.5 Å². The molecule has 2 aromatic rings. The fourth-order valence-electron chi connectivity index (χ4n) is 2.20. The minimum absolute atomic E-state index is 0.0747. The molecule has 1 saturated heterocycles. The molecule has 0 radical (unpaired) electrons. The number of furan rings is 1. The van der Waals surface area contributed by atoms with Crippen molar-refractivity contribution in [2.75, 3.05) is 29.9 Å². The highest BCUT2D eigenvalue weighted by Gasteiger charge is 2.17. The summed E-state index contributed by atoms with van der Waals surface area (Å²) in [7, 11) is 0. The monoisotopic (exact) mass is 318 g/mol. The van der Waals surface area contributed by atoms with E-state index < -0.39 is 0 Å². The second-order valence-corrected chi connectivity index (χ2v) is 6.12. The number of para-hydroxylation sites is 2. The molecule has 1 fully saturated rings. The first kappa shape index (κ1) is 14.8. The van der Waals surface area contributed by atoms with Gasteiger partial charge in [-0.1, -0.05) is 12.1 Å². The Morgan fingerprint density at radius 1 is 1.23 bits per heavy atom. The van der Waals surface area contributed by atoms with Gasteiger partial charge in [0.05, 0.1) is 12.0 Å². The van der Waals surface area contributed by atoms with Crippen LogP contribution in [0.25, 0.3) is 0 Å². The molecule has 1 aromatic carbocycles. The summed E-state index contributed by atoms with van der Waals surface area (Å²) in [6.07, 6.45) is 1.61. The van der Waals surface area contributed by atoms with E-state index in [0.29, 0.717) is 18.0 Å². The predicted molar refractivity (Wildman–Crippen MR) is 87.4 cm³/mol. The fourth-order valence-corrected chi connectivity index (χ4v) is 3.10. The van der Waals surface area contributed by atoms with Crippen molar-refractivity contribution in [2.45, 2.75) is 6.61 Å². The second-order valence-electron chi connectivity index (χ2n) is 4.89. The molecule has 0 bridgehead atoms. The van der Waals surface area contributed by atoms with Gasteiger partial charge in [0, 0.05) is 24.6 Å². The third-order valence-corrected chi connectivity index (χ3v) is 4.32. The Morgan fingerprint density at radius 3 is 2.82 bits per heavy atom. The molecule has 0 aliphatic carbocycles. The third-order valence-electron chi connectivity index (χ3n) is 3.38. The highest BCUT2D eigenvalue weighted by Crippen LogP contribution is 2.25. The summed E-state index contributed by atoms with van der Waals surface area (Å²) in [6, 6.07) is 11.0. The fraction of sp³-hybridized carbons (Fsp3) is 0.312. The van der Waals surface area contributed by atoms with Crippen molar-refractivity contribution in [3.8, 4) is 5.75 Å². The van der Waals surface area contributed by atoms with Crippen molar-refractivity contribution < 1.29 is 13.9 Å². The van der Waals surface area contributed by atoms with Gasteiger partial charge >= 0.3 is 6.03 Å². The van der Waals surface area contributed by atoms with Gasteiger partial charge in [0.25, 0.3) is 0 Å². The molecule has 1 aliphatic heterocycles. The van der Waals surface area contributed by atoms with Gasteiger partial charge < -0.3 is 19.4 Å². The number of ether oxygens (including phenoxy) is 1. The van der Waals surface area contributed by atoms with Crippen LogP contribution in [-0.2, 0) is 6.61 Å². The van der Waals surface area contributed by atoms with E-state index in [4.69, 9.17) is 9.15 Å². The van der Waals surface area contributed by atoms with Gasteiger partial charge in [-0.2, -0.15) is 11.8 Å². The van der Waals surface area contributed by atoms with Gasteiger partial charge in [-0.15, -0.1) is 0 Å². The summed E-state index contributed by atoms with van der Waals surface area (Å²) in [5.74, 6) is 3.36. The maximum absolute atomic E-state index is 12.3. The lowest BCUT2D eigenvalue weighted by Gasteiger charge is -2.26. The van der Waals surface area contributed by atoms with Crippen LogP contribution in [0.5, 0.6) is 5.75 Å². The Morgan fingerprint density at radius 2 is 2.05 bits per heavy atom.